The summed E-state index contributed by atoms with van der Waals surface area (Å²) in [5.41, 5.74) is -0.577. The molecule has 3 heteroatoms. The SMILES string of the molecule is C[C@@](CO)(C(=O)O)c1ccccc1. The van der Waals surface area contributed by atoms with Gasteiger partial charge >= 0.3 is 5.97 Å². The molecule has 70 valence electrons. The first-order valence-corrected chi connectivity index (χ1v) is 4.01. The van der Waals surface area contributed by atoms with Crippen molar-refractivity contribution >= 4 is 5.97 Å². The largest absolute Gasteiger partial charge is 0.481 e. The summed E-state index contributed by atoms with van der Waals surface area (Å²) >= 11 is 0. The topological polar surface area (TPSA) is 57.5 Å². The lowest BCUT2D eigenvalue weighted by atomic mass is 9.83. The van der Waals surface area contributed by atoms with Crippen LogP contribution in [0.4, 0.5) is 0 Å². The van der Waals surface area contributed by atoms with Crippen LogP contribution in [0.15, 0.2) is 30.3 Å². The molecule has 0 aliphatic rings. The van der Waals surface area contributed by atoms with Crippen molar-refractivity contribution in [2.45, 2.75) is 12.3 Å². The van der Waals surface area contributed by atoms with E-state index in [4.69, 9.17) is 10.2 Å². The molecular weight excluding hydrogens is 168 g/mol. The third-order valence-electron chi connectivity index (χ3n) is 2.20. The minimum atomic E-state index is -1.19. The molecule has 1 atom stereocenters. The number of aliphatic carboxylic acids is 1. The van der Waals surface area contributed by atoms with E-state index in [0.29, 0.717) is 5.56 Å². The minimum Gasteiger partial charge on any atom is -0.481 e. The van der Waals surface area contributed by atoms with Gasteiger partial charge in [0.05, 0.1) is 6.61 Å². The number of benzene rings is 1. The number of rotatable bonds is 3. The summed E-state index contributed by atoms with van der Waals surface area (Å²) in [5.74, 6) is -1.01. The summed E-state index contributed by atoms with van der Waals surface area (Å²) in [7, 11) is 0. The lowest BCUT2D eigenvalue weighted by molar-refractivity contribution is -0.144. The molecule has 3 nitrogen and oxygen atoms in total. The molecule has 0 aliphatic heterocycles. The second-order valence-corrected chi connectivity index (χ2v) is 3.16. The summed E-state index contributed by atoms with van der Waals surface area (Å²) < 4.78 is 0. The Morgan fingerprint density at radius 1 is 1.38 bits per heavy atom. The van der Waals surface area contributed by atoms with Crippen LogP contribution in [0.1, 0.15) is 12.5 Å². The minimum absolute atomic E-state index is 0.396. The van der Waals surface area contributed by atoms with Crippen molar-refractivity contribution in [3.8, 4) is 0 Å². The number of carboxylic acid groups (broad SMARTS) is 1. The van der Waals surface area contributed by atoms with Crippen molar-refractivity contribution in [2.24, 2.45) is 0 Å². The number of hydrogen-bond acceptors (Lipinski definition) is 2. The Bertz CT molecular complexity index is 294. The number of hydrogen-bond donors (Lipinski definition) is 2. The first-order chi connectivity index (χ1) is 6.11. The molecule has 0 spiro atoms. The van der Waals surface area contributed by atoms with Gasteiger partial charge in [0.2, 0.25) is 0 Å². The van der Waals surface area contributed by atoms with Gasteiger partial charge in [0.1, 0.15) is 5.41 Å². The van der Waals surface area contributed by atoms with Crippen molar-refractivity contribution < 1.29 is 15.0 Å². The van der Waals surface area contributed by atoms with E-state index in [1.165, 1.54) is 6.92 Å². The van der Waals surface area contributed by atoms with Gasteiger partial charge in [-0.1, -0.05) is 30.3 Å². The summed E-state index contributed by atoms with van der Waals surface area (Å²) in [6, 6.07) is 8.72. The van der Waals surface area contributed by atoms with Crippen LogP contribution in [0.3, 0.4) is 0 Å². The Labute approximate surface area is 76.6 Å². The highest BCUT2D eigenvalue weighted by Crippen LogP contribution is 2.22. The van der Waals surface area contributed by atoms with Gasteiger partial charge < -0.3 is 10.2 Å². The molecule has 0 amide bonds. The summed E-state index contributed by atoms with van der Waals surface area (Å²) in [6.07, 6.45) is 0. The van der Waals surface area contributed by atoms with Crippen LogP contribution in [0, 0.1) is 0 Å². The molecule has 0 radical (unpaired) electrons. The molecule has 0 unspecified atom stereocenters. The van der Waals surface area contributed by atoms with Gasteiger partial charge in [-0.3, -0.25) is 4.79 Å². The maximum atomic E-state index is 10.9. The molecule has 0 aliphatic carbocycles. The van der Waals surface area contributed by atoms with E-state index in [-0.39, 0.29) is 0 Å². The van der Waals surface area contributed by atoms with Gasteiger partial charge in [-0.25, -0.2) is 0 Å². The zero-order valence-electron chi connectivity index (χ0n) is 7.40. The van der Waals surface area contributed by atoms with E-state index in [1.54, 1.807) is 24.3 Å². The molecule has 2 N–H and O–H groups in total. The van der Waals surface area contributed by atoms with E-state index in [9.17, 15) is 4.79 Å². The molecule has 0 fully saturated rings. The molecule has 1 aromatic carbocycles. The summed E-state index contributed by atoms with van der Waals surface area (Å²) in [6.45, 7) is 1.11. The van der Waals surface area contributed by atoms with E-state index in [0.717, 1.165) is 0 Å². The Balaban J connectivity index is 3.11. The van der Waals surface area contributed by atoms with Gasteiger partial charge in [0.15, 0.2) is 0 Å². The van der Waals surface area contributed by atoms with Crippen molar-refractivity contribution in [1.29, 1.82) is 0 Å². The van der Waals surface area contributed by atoms with Crippen molar-refractivity contribution in [3.05, 3.63) is 35.9 Å². The Hall–Kier alpha value is -1.35. The van der Waals surface area contributed by atoms with Crippen LogP contribution in [0.5, 0.6) is 0 Å². The van der Waals surface area contributed by atoms with Crippen molar-refractivity contribution in [1.82, 2.24) is 0 Å². The van der Waals surface area contributed by atoms with Crippen LogP contribution < -0.4 is 0 Å². The number of aliphatic hydroxyl groups is 1. The normalized spacial score (nSPS) is 14.9. The molecular formula is C10H12O3. The maximum Gasteiger partial charge on any atom is 0.316 e. The van der Waals surface area contributed by atoms with E-state index >= 15 is 0 Å². The van der Waals surface area contributed by atoms with Crippen molar-refractivity contribution in [3.63, 3.8) is 0 Å². The fraction of sp³-hybridized carbons (Fsp3) is 0.300. The predicted molar refractivity (Wildman–Crippen MR) is 48.5 cm³/mol. The lowest BCUT2D eigenvalue weighted by Gasteiger charge is -2.22. The third kappa shape index (κ3) is 1.70. The van der Waals surface area contributed by atoms with E-state index < -0.39 is 18.0 Å². The van der Waals surface area contributed by atoms with Gasteiger partial charge in [0, 0.05) is 0 Å². The Kier molecular flexibility index (Phi) is 2.68. The van der Waals surface area contributed by atoms with E-state index in [1.807, 2.05) is 6.07 Å². The fourth-order valence-electron chi connectivity index (χ4n) is 1.09. The van der Waals surface area contributed by atoms with E-state index in [2.05, 4.69) is 0 Å². The average Bonchev–Trinajstić information content (AvgIpc) is 2.17. The zero-order chi connectivity index (χ0) is 9.90. The Morgan fingerprint density at radius 3 is 2.31 bits per heavy atom. The molecule has 0 saturated carbocycles. The second kappa shape index (κ2) is 3.58. The van der Waals surface area contributed by atoms with Crippen LogP contribution in [-0.2, 0) is 10.2 Å². The molecule has 0 saturated heterocycles. The van der Waals surface area contributed by atoms with Crippen LogP contribution in [-0.4, -0.2) is 22.8 Å². The molecule has 0 aromatic heterocycles. The van der Waals surface area contributed by atoms with Crippen LogP contribution in [0.25, 0.3) is 0 Å². The van der Waals surface area contributed by atoms with Gasteiger partial charge in [-0.2, -0.15) is 0 Å². The highest BCUT2D eigenvalue weighted by Gasteiger charge is 2.34. The zero-order valence-corrected chi connectivity index (χ0v) is 7.40. The Morgan fingerprint density at radius 2 is 1.92 bits per heavy atom. The number of aliphatic hydroxyl groups excluding tert-OH is 1. The average molecular weight is 180 g/mol. The third-order valence-corrected chi connectivity index (χ3v) is 2.20. The standard InChI is InChI=1S/C10H12O3/c1-10(7-11,9(12)13)8-5-3-2-4-6-8/h2-6,11H,7H2,1H3,(H,12,13)/t10-/m0/s1. The first kappa shape index (κ1) is 9.74. The molecule has 1 aromatic rings. The highest BCUT2D eigenvalue weighted by molar-refractivity contribution is 5.80. The molecule has 0 heterocycles. The quantitative estimate of drug-likeness (QED) is 0.730. The van der Waals surface area contributed by atoms with Crippen LogP contribution in [0.2, 0.25) is 0 Å². The van der Waals surface area contributed by atoms with Gasteiger partial charge in [0.25, 0.3) is 0 Å². The molecule has 0 bridgehead atoms. The number of carboxylic acids is 1. The summed E-state index contributed by atoms with van der Waals surface area (Å²) in [4.78, 5) is 10.9. The van der Waals surface area contributed by atoms with Gasteiger partial charge in [-0.05, 0) is 12.5 Å². The molecule has 1 rings (SSSR count). The lowest BCUT2D eigenvalue weighted by Crippen LogP contribution is -2.36. The highest BCUT2D eigenvalue weighted by atomic mass is 16.4. The van der Waals surface area contributed by atoms with Crippen molar-refractivity contribution in [2.75, 3.05) is 6.61 Å². The monoisotopic (exact) mass is 180 g/mol. The smallest absolute Gasteiger partial charge is 0.316 e. The summed E-state index contributed by atoms with van der Waals surface area (Å²) in [5, 5.41) is 18.0. The number of carbonyl (C=O) groups is 1. The maximum absolute atomic E-state index is 10.9. The fourth-order valence-corrected chi connectivity index (χ4v) is 1.09. The predicted octanol–water partition coefficient (Wildman–Crippen LogP) is 1.02. The van der Waals surface area contributed by atoms with Crippen LogP contribution >= 0.6 is 0 Å². The molecule has 13 heavy (non-hydrogen) atoms. The second-order valence-electron chi connectivity index (χ2n) is 3.16. The first-order valence-electron chi connectivity index (χ1n) is 4.01. The van der Waals surface area contributed by atoms with Gasteiger partial charge in [-0.15, -0.1) is 0 Å².